The van der Waals surface area contributed by atoms with Crippen LogP contribution in [-0.2, 0) is 14.4 Å². The van der Waals surface area contributed by atoms with Crippen molar-refractivity contribution in [2.45, 2.75) is 46.1 Å². The molecule has 8 heteroatoms. The molecule has 1 atom stereocenters. The second-order valence-corrected chi connectivity index (χ2v) is 7.70. The van der Waals surface area contributed by atoms with E-state index in [0.717, 1.165) is 17.7 Å². The standard InChI is InChI=1S/C21H30N4O4/c1-4-5-11-23(13-18(22)26)19(27)14-24-17(12-15(2)3)20(28)25(21(24)29)16-9-7-6-8-10-16/h6-10,15,17H,4-5,11-14H2,1-3H3,(H2,22,26)/t17-/m0/s1. The Balaban J connectivity index is 2.26. The molecule has 0 bridgehead atoms. The van der Waals surface area contributed by atoms with Gasteiger partial charge in [-0.15, -0.1) is 0 Å². The number of unbranched alkanes of at least 4 members (excludes halogenated alkanes) is 1. The lowest BCUT2D eigenvalue weighted by Gasteiger charge is -2.27. The molecule has 2 rings (SSSR count). The molecule has 1 heterocycles. The van der Waals surface area contributed by atoms with Gasteiger partial charge in [-0.1, -0.05) is 45.4 Å². The summed E-state index contributed by atoms with van der Waals surface area (Å²) in [5.74, 6) is -1.17. The fourth-order valence-corrected chi connectivity index (χ4v) is 3.38. The number of nitrogens with zero attached hydrogens (tertiary/aromatic N) is 3. The number of anilines is 1. The number of imide groups is 1. The maximum absolute atomic E-state index is 13.1. The van der Waals surface area contributed by atoms with Crippen molar-refractivity contribution in [2.24, 2.45) is 11.7 Å². The number of nitrogens with two attached hydrogens (primary N) is 1. The first-order valence-electron chi connectivity index (χ1n) is 10.0. The Kier molecular flexibility index (Phi) is 7.75. The van der Waals surface area contributed by atoms with Crippen LogP contribution in [0.15, 0.2) is 30.3 Å². The van der Waals surface area contributed by atoms with Gasteiger partial charge in [-0.05, 0) is 30.9 Å². The van der Waals surface area contributed by atoms with Gasteiger partial charge in [0.05, 0.1) is 12.2 Å². The number of benzene rings is 1. The predicted octanol–water partition coefficient (Wildman–Crippen LogP) is 1.98. The first-order valence-corrected chi connectivity index (χ1v) is 10.0. The minimum atomic E-state index is -0.715. The molecule has 1 fully saturated rings. The van der Waals surface area contributed by atoms with Crippen LogP contribution in [-0.4, -0.2) is 59.2 Å². The van der Waals surface area contributed by atoms with E-state index >= 15 is 0 Å². The van der Waals surface area contributed by atoms with Crippen LogP contribution in [0.1, 0.15) is 40.0 Å². The molecule has 0 aliphatic carbocycles. The van der Waals surface area contributed by atoms with Crippen molar-refractivity contribution in [2.75, 3.05) is 24.5 Å². The van der Waals surface area contributed by atoms with Crippen LogP contribution in [0.25, 0.3) is 0 Å². The fraction of sp³-hybridized carbons (Fsp3) is 0.524. The van der Waals surface area contributed by atoms with Crippen molar-refractivity contribution in [1.82, 2.24) is 9.80 Å². The number of carbonyl (C=O) groups excluding carboxylic acids is 4. The van der Waals surface area contributed by atoms with Crippen molar-refractivity contribution in [1.29, 1.82) is 0 Å². The monoisotopic (exact) mass is 402 g/mol. The van der Waals surface area contributed by atoms with Gasteiger partial charge in [0.15, 0.2) is 0 Å². The number of hydrogen-bond acceptors (Lipinski definition) is 4. The van der Waals surface area contributed by atoms with Crippen LogP contribution < -0.4 is 10.6 Å². The van der Waals surface area contributed by atoms with E-state index in [0.29, 0.717) is 18.7 Å². The van der Waals surface area contributed by atoms with E-state index in [2.05, 4.69) is 0 Å². The van der Waals surface area contributed by atoms with Gasteiger partial charge in [-0.2, -0.15) is 0 Å². The van der Waals surface area contributed by atoms with E-state index in [-0.39, 0.29) is 30.8 Å². The highest BCUT2D eigenvalue weighted by atomic mass is 16.2. The van der Waals surface area contributed by atoms with E-state index in [9.17, 15) is 19.2 Å². The van der Waals surface area contributed by atoms with E-state index in [4.69, 9.17) is 5.73 Å². The molecular formula is C21H30N4O4. The zero-order valence-electron chi connectivity index (χ0n) is 17.3. The van der Waals surface area contributed by atoms with Crippen LogP contribution in [0.3, 0.4) is 0 Å². The van der Waals surface area contributed by atoms with Crippen LogP contribution in [0.5, 0.6) is 0 Å². The van der Waals surface area contributed by atoms with Gasteiger partial charge < -0.3 is 15.5 Å². The number of hydrogen-bond donors (Lipinski definition) is 1. The molecule has 0 aromatic heterocycles. The Labute approximate surface area is 171 Å². The van der Waals surface area contributed by atoms with Crippen molar-refractivity contribution >= 4 is 29.4 Å². The lowest BCUT2D eigenvalue weighted by Crippen LogP contribution is -2.47. The quantitative estimate of drug-likeness (QED) is 0.604. The van der Waals surface area contributed by atoms with Crippen molar-refractivity contribution in [3.05, 3.63) is 30.3 Å². The Morgan fingerprint density at radius 1 is 1.17 bits per heavy atom. The average molecular weight is 402 g/mol. The molecule has 0 radical (unpaired) electrons. The summed E-state index contributed by atoms with van der Waals surface area (Å²) in [5, 5.41) is 0. The summed E-state index contributed by atoms with van der Waals surface area (Å²) in [6, 6.07) is 7.45. The van der Waals surface area contributed by atoms with Gasteiger partial charge in [0.25, 0.3) is 5.91 Å². The van der Waals surface area contributed by atoms with Gasteiger partial charge in [0.1, 0.15) is 12.6 Å². The highest BCUT2D eigenvalue weighted by Crippen LogP contribution is 2.28. The minimum absolute atomic E-state index is 0.159. The average Bonchev–Trinajstić information content (AvgIpc) is 2.89. The maximum Gasteiger partial charge on any atom is 0.332 e. The summed E-state index contributed by atoms with van der Waals surface area (Å²) < 4.78 is 0. The Hall–Kier alpha value is -2.90. The molecule has 0 unspecified atom stereocenters. The third-order valence-electron chi connectivity index (χ3n) is 4.81. The van der Waals surface area contributed by atoms with Crippen molar-refractivity contribution in [3.63, 3.8) is 0 Å². The molecular weight excluding hydrogens is 372 g/mol. The van der Waals surface area contributed by atoms with E-state index in [1.807, 2.05) is 20.8 Å². The minimum Gasteiger partial charge on any atom is -0.368 e. The number of para-hydroxylation sites is 1. The van der Waals surface area contributed by atoms with E-state index < -0.39 is 18.0 Å². The van der Waals surface area contributed by atoms with E-state index in [1.165, 1.54) is 9.80 Å². The predicted molar refractivity (Wildman–Crippen MR) is 110 cm³/mol. The summed E-state index contributed by atoms with van der Waals surface area (Å²) in [4.78, 5) is 54.1. The molecule has 1 aliphatic heterocycles. The first-order chi connectivity index (χ1) is 13.8. The molecule has 0 saturated carbocycles. The number of rotatable bonds is 10. The molecule has 0 spiro atoms. The summed E-state index contributed by atoms with van der Waals surface area (Å²) in [6.45, 7) is 5.82. The number of carbonyl (C=O) groups is 4. The highest BCUT2D eigenvalue weighted by Gasteiger charge is 2.46. The summed E-state index contributed by atoms with van der Waals surface area (Å²) in [7, 11) is 0. The SMILES string of the molecule is CCCCN(CC(N)=O)C(=O)CN1C(=O)N(c2ccccc2)C(=O)[C@@H]1CC(C)C. The second kappa shape index (κ2) is 10.0. The molecule has 158 valence electrons. The van der Waals surface area contributed by atoms with Crippen molar-refractivity contribution in [3.8, 4) is 0 Å². The summed E-state index contributed by atoms with van der Waals surface area (Å²) >= 11 is 0. The smallest absolute Gasteiger partial charge is 0.332 e. The van der Waals surface area contributed by atoms with Crippen LogP contribution >= 0.6 is 0 Å². The highest BCUT2D eigenvalue weighted by molar-refractivity contribution is 6.21. The Morgan fingerprint density at radius 3 is 2.38 bits per heavy atom. The third-order valence-corrected chi connectivity index (χ3v) is 4.81. The lowest BCUT2D eigenvalue weighted by molar-refractivity contribution is -0.136. The fourth-order valence-electron chi connectivity index (χ4n) is 3.38. The number of amides is 5. The summed E-state index contributed by atoms with van der Waals surface area (Å²) in [5.41, 5.74) is 5.75. The lowest BCUT2D eigenvalue weighted by atomic mass is 10.0. The molecule has 5 amide bonds. The zero-order chi connectivity index (χ0) is 21.6. The van der Waals surface area contributed by atoms with Crippen molar-refractivity contribution < 1.29 is 19.2 Å². The second-order valence-electron chi connectivity index (χ2n) is 7.70. The van der Waals surface area contributed by atoms with Gasteiger partial charge in [0, 0.05) is 6.54 Å². The van der Waals surface area contributed by atoms with Gasteiger partial charge in [-0.25, -0.2) is 9.69 Å². The normalized spacial score (nSPS) is 16.6. The van der Waals surface area contributed by atoms with Gasteiger partial charge in [0.2, 0.25) is 11.8 Å². The van der Waals surface area contributed by atoms with E-state index in [1.54, 1.807) is 30.3 Å². The number of urea groups is 1. The molecule has 1 aromatic rings. The molecule has 2 N–H and O–H groups in total. The molecule has 1 saturated heterocycles. The third kappa shape index (κ3) is 5.56. The van der Waals surface area contributed by atoms with Gasteiger partial charge in [-0.3, -0.25) is 14.4 Å². The zero-order valence-corrected chi connectivity index (χ0v) is 17.3. The Bertz CT molecular complexity index is 750. The van der Waals surface area contributed by atoms with Crippen LogP contribution in [0, 0.1) is 5.92 Å². The summed E-state index contributed by atoms with van der Waals surface area (Å²) in [6.07, 6.45) is 2.02. The molecule has 1 aromatic carbocycles. The number of primary amides is 1. The topological polar surface area (TPSA) is 104 Å². The molecule has 1 aliphatic rings. The van der Waals surface area contributed by atoms with Crippen LogP contribution in [0.4, 0.5) is 10.5 Å². The first kappa shape index (κ1) is 22.4. The Morgan fingerprint density at radius 2 is 1.83 bits per heavy atom. The largest absolute Gasteiger partial charge is 0.368 e. The van der Waals surface area contributed by atoms with Gasteiger partial charge >= 0.3 is 6.03 Å². The molecule has 29 heavy (non-hydrogen) atoms. The van der Waals surface area contributed by atoms with Crippen LogP contribution in [0.2, 0.25) is 0 Å². The molecule has 8 nitrogen and oxygen atoms in total. The maximum atomic E-state index is 13.1.